The van der Waals surface area contributed by atoms with E-state index in [9.17, 15) is 4.39 Å². The highest BCUT2D eigenvalue weighted by Gasteiger charge is 2.20. The molecule has 0 unspecified atom stereocenters. The van der Waals surface area contributed by atoms with Gasteiger partial charge < -0.3 is 0 Å². The molecule has 0 saturated heterocycles. The minimum atomic E-state index is -0.450. The highest BCUT2D eigenvalue weighted by Crippen LogP contribution is 2.38. The number of halogens is 4. The highest BCUT2D eigenvalue weighted by molar-refractivity contribution is 6.36. The van der Waals surface area contributed by atoms with Crippen molar-refractivity contribution >= 4 is 34.8 Å². The number of benzene rings is 2. The summed E-state index contributed by atoms with van der Waals surface area (Å²) in [5.74, 6) is -0.450. The molecule has 0 aliphatic rings. The van der Waals surface area contributed by atoms with Crippen LogP contribution in [-0.2, 0) is 6.42 Å². The Morgan fingerprint density at radius 1 is 0.917 bits per heavy atom. The van der Waals surface area contributed by atoms with E-state index in [1.54, 1.807) is 24.3 Å². The van der Waals surface area contributed by atoms with Crippen molar-refractivity contribution in [1.29, 1.82) is 0 Å². The normalized spacial score (nSPS) is 10.9. The monoisotopic (exact) mass is 380 g/mol. The molecule has 6 heteroatoms. The van der Waals surface area contributed by atoms with Gasteiger partial charge in [-0.15, -0.1) is 5.10 Å². The summed E-state index contributed by atoms with van der Waals surface area (Å²) >= 11 is 18.4. The largest absolute Gasteiger partial charge is 0.206 e. The molecule has 122 valence electrons. The Kier molecular flexibility index (Phi) is 5.04. The lowest BCUT2D eigenvalue weighted by molar-refractivity contribution is 0.631. The van der Waals surface area contributed by atoms with Crippen molar-refractivity contribution in [2.24, 2.45) is 0 Å². The van der Waals surface area contributed by atoms with Gasteiger partial charge in [-0.05, 0) is 42.3 Å². The fourth-order valence-electron chi connectivity index (χ4n) is 2.55. The second-order valence-electron chi connectivity index (χ2n) is 5.33. The van der Waals surface area contributed by atoms with E-state index in [0.29, 0.717) is 22.7 Å². The van der Waals surface area contributed by atoms with Crippen LogP contribution in [0.3, 0.4) is 0 Å². The van der Waals surface area contributed by atoms with Gasteiger partial charge in [-0.25, -0.2) is 4.39 Å². The first-order chi connectivity index (χ1) is 11.5. The molecule has 2 nitrogen and oxygen atoms in total. The minimum absolute atomic E-state index is 0.122. The molecule has 2 aromatic carbocycles. The van der Waals surface area contributed by atoms with Crippen LogP contribution in [-0.4, -0.2) is 10.2 Å². The summed E-state index contributed by atoms with van der Waals surface area (Å²) in [5.41, 5.74) is 3.17. The number of hydrogen-bond donors (Lipinski definition) is 0. The number of aromatic nitrogens is 2. The quantitative estimate of drug-likeness (QED) is 0.544. The maximum atomic E-state index is 14.4. The number of hydrogen-bond acceptors (Lipinski definition) is 2. The number of nitrogens with zero attached hydrogens (tertiary/aromatic N) is 2. The van der Waals surface area contributed by atoms with Crippen LogP contribution in [0, 0.1) is 12.7 Å². The first kappa shape index (κ1) is 17.2. The van der Waals surface area contributed by atoms with Crippen LogP contribution in [0.2, 0.25) is 15.2 Å². The molecule has 3 aromatic rings. The first-order valence-corrected chi connectivity index (χ1v) is 8.31. The predicted molar refractivity (Wildman–Crippen MR) is 96.4 cm³/mol. The molecule has 24 heavy (non-hydrogen) atoms. The van der Waals surface area contributed by atoms with Gasteiger partial charge in [0.2, 0.25) is 0 Å². The molecule has 0 atom stereocenters. The molecule has 1 heterocycles. The molecule has 0 radical (unpaired) electrons. The lowest BCUT2D eigenvalue weighted by atomic mass is 9.95. The van der Waals surface area contributed by atoms with Crippen LogP contribution in [0.15, 0.2) is 42.5 Å². The van der Waals surface area contributed by atoms with Gasteiger partial charge in [-0.1, -0.05) is 53.0 Å². The summed E-state index contributed by atoms with van der Waals surface area (Å²) in [6.07, 6.45) is 0.512. The minimum Gasteiger partial charge on any atom is -0.206 e. The zero-order valence-corrected chi connectivity index (χ0v) is 14.9. The topological polar surface area (TPSA) is 25.8 Å². The molecule has 0 N–H and O–H groups in total. The van der Waals surface area contributed by atoms with Crippen molar-refractivity contribution in [3.8, 4) is 11.1 Å². The van der Waals surface area contributed by atoms with Gasteiger partial charge in [0, 0.05) is 22.6 Å². The molecule has 0 aliphatic heterocycles. The van der Waals surface area contributed by atoms with Gasteiger partial charge in [0.05, 0.1) is 10.7 Å². The Morgan fingerprint density at radius 2 is 1.62 bits per heavy atom. The van der Waals surface area contributed by atoms with E-state index < -0.39 is 5.82 Å². The second kappa shape index (κ2) is 7.06. The first-order valence-electron chi connectivity index (χ1n) is 7.18. The Bertz CT molecular complexity index is 875. The molecule has 3 rings (SSSR count). The molecular formula is C18H12Cl3FN2. The molecule has 0 amide bonds. The van der Waals surface area contributed by atoms with E-state index in [1.807, 2.05) is 19.1 Å². The number of aryl methyl sites for hydroxylation is 1. The van der Waals surface area contributed by atoms with Gasteiger partial charge in [0.25, 0.3) is 0 Å². The molecule has 0 saturated carbocycles. The van der Waals surface area contributed by atoms with E-state index >= 15 is 0 Å². The Balaban J connectivity index is 2.19. The smallest absolute Gasteiger partial charge is 0.159 e. The standard InChI is InChI=1S/C18H12Cl3FN2/c1-10-13(9-11-5-7-12(19)8-6-11)16(18(21)24-23-10)17-14(20)3-2-4-15(17)22/h2-8H,9H2,1H3. The molecular weight excluding hydrogens is 370 g/mol. The summed E-state index contributed by atoms with van der Waals surface area (Å²) < 4.78 is 14.4. The van der Waals surface area contributed by atoms with E-state index in [1.165, 1.54) is 6.07 Å². The van der Waals surface area contributed by atoms with Crippen molar-refractivity contribution in [2.45, 2.75) is 13.3 Å². The zero-order chi connectivity index (χ0) is 17.3. The summed E-state index contributed by atoms with van der Waals surface area (Å²) in [6, 6.07) is 11.9. The second-order valence-corrected chi connectivity index (χ2v) is 6.53. The summed E-state index contributed by atoms with van der Waals surface area (Å²) in [7, 11) is 0. The van der Waals surface area contributed by atoms with Crippen LogP contribution >= 0.6 is 34.8 Å². The maximum Gasteiger partial charge on any atom is 0.159 e. The van der Waals surface area contributed by atoms with Crippen LogP contribution in [0.5, 0.6) is 0 Å². The van der Waals surface area contributed by atoms with Gasteiger partial charge in [0.15, 0.2) is 5.15 Å². The van der Waals surface area contributed by atoms with Crippen molar-refractivity contribution < 1.29 is 4.39 Å². The lowest BCUT2D eigenvalue weighted by Crippen LogP contribution is -2.03. The lowest BCUT2D eigenvalue weighted by Gasteiger charge is -2.15. The van der Waals surface area contributed by atoms with Crippen molar-refractivity contribution in [3.63, 3.8) is 0 Å². The van der Waals surface area contributed by atoms with Crippen LogP contribution in [0.25, 0.3) is 11.1 Å². The third kappa shape index (κ3) is 3.39. The molecule has 0 fully saturated rings. The third-order valence-electron chi connectivity index (χ3n) is 3.74. The van der Waals surface area contributed by atoms with Crippen molar-refractivity contribution in [1.82, 2.24) is 10.2 Å². The highest BCUT2D eigenvalue weighted by atomic mass is 35.5. The molecule has 0 spiro atoms. The molecule has 0 bridgehead atoms. The van der Waals surface area contributed by atoms with Crippen LogP contribution in [0.1, 0.15) is 16.8 Å². The number of rotatable bonds is 3. The van der Waals surface area contributed by atoms with Crippen molar-refractivity contribution in [3.05, 3.63) is 80.3 Å². The third-order valence-corrected chi connectivity index (χ3v) is 4.57. The van der Waals surface area contributed by atoms with Gasteiger partial charge >= 0.3 is 0 Å². The average molecular weight is 382 g/mol. The predicted octanol–water partition coefficient (Wildman–Crippen LogP) is 6.14. The van der Waals surface area contributed by atoms with Crippen LogP contribution in [0.4, 0.5) is 4.39 Å². The summed E-state index contributed by atoms with van der Waals surface area (Å²) in [5, 5.41) is 9.04. The van der Waals surface area contributed by atoms with E-state index in [0.717, 1.165) is 11.1 Å². The SMILES string of the molecule is Cc1nnc(Cl)c(-c2c(F)cccc2Cl)c1Cc1ccc(Cl)cc1. The fraction of sp³-hybridized carbons (Fsp3) is 0.111. The average Bonchev–Trinajstić information content (AvgIpc) is 2.55. The summed E-state index contributed by atoms with van der Waals surface area (Å²) in [4.78, 5) is 0. The van der Waals surface area contributed by atoms with Gasteiger partial charge in [0.1, 0.15) is 5.82 Å². The maximum absolute atomic E-state index is 14.4. The van der Waals surface area contributed by atoms with Crippen LogP contribution < -0.4 is 0 Å². The van der Waals surface area contributed by atoms with Gasteiger partial charge in [-0.2, -0.15) is 5.10 Å². The molecule has 1 aromatic heterocycles. The van der Waals surface area contributed by atoms with E-state index in [4.69, 9.17) is 34.8 Å². The van der Waals surface area contributed by atoms with E-state index in [2.05, 4.69) is 10.2 Å². The summed E-state index contributed by atoms with van der Waals surface area (Å²) in [6.45, 7) is 1.81. The van der Waals surface area contributed by atoms with Crippen molar-refractivity contribution in [2.75, 3.05) is 0 Å². The Labute approximate surface area is 154 Å². The molecule has 0 aliphatic carbocycles. The van der Waals surface area contributed by atoms with Gasteiger partial charge in [-0.3, -0.25) is 0 Å². The van der Waals surface area contributed by atoms with E-state index in [-0.39, 0.29) is 15.7 Å². The Hall–Kier alpha value is -1.68. The Morgan fingerprint density at radius 3 is 2.29 bits per heavy atom. The zero-order valence-electron chi connectivity index (χ0n) is 12.7. The fourth-order valence-corrected chi connectivity index (χ4v) is 3.18.